The fourth-order valence-electron chi connectivity index (χ4n) is 1.95. The van der Waals surface area contributed by atoms with Crippen molar-refractivity contribution in [2.24, 2.45) is 0 Å². The predicted molar refractivity (Wildman–Crippen MR) is 81.4 cm³/mol. The monoisotopic (exact) mass is 340 g/mol. The van der Waals surface area contributed by atoms with E-state index < -0.39 is 17.5 Å². The van der Waals surface area contributed by atoms with Gasteiger partial charge in [0.1, 0.15) is 16.2 Å². The van der Waals surface area contributed by atoms with Gasteiger partial charge in [0.05, 0.1) is 10.4 Å². The predicted octanol–water partition coefficient (Wildman–Crippen LogP) is 3.63. The summed E-state index contributed by atoms with van der Waals surface area (Å²) in [5.74, 6) is -1.82. The van der Waals surface area contributed by atoms with Gasteiger partial charge in [0.15, 0.2) is 10.9 Å². The Morgan fingerprint density at radius 3 is 2.95 bits per heavy atom. The molecule has 0 bridgehead atoms. The Kier molecular flexibility index (Phi) is 4.08. The summed E-state index contributed by atoms with van der Waals surface area (Å²) in [6, 6.07) is 1.95. The number of aromatic nitrogens is 3. The molecule has 2 heterocycles. The quantitative estimate of drug-likeness (QED) is 0.787. The van der Waals surface area contributed by atoms with E-state index >= 15 is 0 Å². The van der Waals surface area contributed by atoms with E-state index in [0.29, 0.717) is 21.7 Å². The number of thiazole rings is 1. The van der Waals surface area contributed by atoms with E-state index in [1.165, 1.54) is 6.07 Å². The Labute approximate surface area is 132 Å². The zero-order valence-corrected chi connectivity index (χ0v) is 13.0. The molecule has 0 aliphatic rings. The molecule has 0 saturated heterocycles. The molecule has 22 heavy (non-hydrogen) atoms. The molecule has 0 aliphatic carbocycles. The lowest BCUT2D eigenvalue weighted by atomic mass is 10.2. The van der Waals surface area contributed by atoms with Crippen LogP contribution in [0.25, 0.3) is 10.2 Å². The van der Waals surface area contributed by atoms with Crippen LogP contribution in [-0.2, 0) is 6.42 Å². The third-order valence-electron chi connectivity index (χ3n) is 2.88. The zero-order chi connectivity index (χ0) is 15.7. The maximum absolute atomic E-state index is 13.6. The molecule has 0 spiro atoms. The van der Waals surface area contributed by atoms with Gasteiger partial charge in [0.2, 0.25) is 0 Å². The van der Waals surface area contributed by atoms with Crippen LogP contribution >= 0.6 is 22.9 Å². The summed E-state index contributed by atoms with van der Waals surface area (Å²) in [7, 11) is 0. The maximum Gasteiger partial charge on any atom is 0.271 e. The molecule has 0 radical (unpaired) electrons. The van der Waals surface area contributed by atoms with Crippen molar-refractivity contribution in [3.63, 3.8) is 0 Å². The number of fused-ring (bicyclic) bond motifs is 1. The molecule has 2 aromatic heterocycles. The van der Waals surface area contributed by atoms with Crippen LogP contribution in [0.3, 0.4) is 0 Å². The summed E-state index contributed by atoms with van der Waals surface area (Å²) < 4.78 is 30.9. The zero-order valence-electron chi connectivity index (χ0n) is 11.4. The van der Waals surface area contributed by atoms with Crippen molar-refractivity contribution in [1.29, 1.82) is 0 Å². The molecular weight excluding hydrogens is 330 g/mol. The average Bonchev–Trinajstić information content (AvgIpc) is 3.05. The highest BCUT2D eigenvalue weighted by atomic mass is 32.1. The van der Waals surface area contributed by atoms with Crippen LogP contribution in [0.4, 0.5) is 13.9 Å². The molecule has 3 aromatic rings. The van der Waals surface area contributed by atoms with E-state index in [1.807, 2.05) is 6.92 Å². The first-order chi connectivity index (χ1) is 10.6. The Morgan fingerprint density at radius 1 is 1.36 bits per heavy atom. The minimum atomic E-state index is -0.752. The first-order valence-electron chi connectivity index (χ1n) is 6.46. The molecule has 9 heteroatoms. The topological polar surface area (TPSA) is 67.8 Å². The Morgan fingerprint density at radius 2 is 2.18 bits per heavy atom. The second kappa shape index (κ2) is 6.01. The number of anilines is 1. The molecule has 1 aromatic carbocycles. The van der Waals surface area contributed by atoms with Gasteiger partial charge < -0.3 is 0 Å². The molecule has 0 fully saturated rings. The molecule has 114 valence electrons. The van der Waals surface area contributed by atoms with Gasteiger partial charge in [-0.1, -0.05) is 29.2 Å². The number of amides is 1. The van der Waals surface area contributed by atoms with Gasteiger partial charge in [-0.05, 0) is 24.0 Å². The van der Waals surface area contributed by atoms with Crippen molar-refractivity contribution >= 4 is 44.1 Å². The summed E-state index contributed by atoms with van der Waals surface area (Å²) >= 11 is 2.01. The van der Waals surface area contributed by atoms with Crippen molar-refractivity contribution < 1.29 is 13.6 Å². The number of nitrogens with one attached hydrogen (secondary N) is 1. The first kappa shape index (κ1) is 14.9. The molecule has 0 atom stereocenters. The van der Waals surface area contributed by atoms with E-state index in [4.69, 9.17) is 0 Å². The normalized spacial score (nSPS) is 11.0. The number of hydrogen-bond acceptors (Lipinski definition) is 6. The largest absolute Gasteiger partial charge is 0.297 e. The van der Waals surface area contributed by atoms with Crippen molar-refractivity contribution in [2.45, 2.75) is 19.8 Å². The second-order valence-electron chi connectivity index (χ2n) is 4.51. The number of carbonyl (C=O) groups excluding carboxylic acids is 1. The van der Waals surface area contributed by atoms with Crippen LogP contribution in [0, 0.1) is 11.6 Å². The third-order valence-corrected chi connectivity index (χ3v) is 4.57. The smallest absolute Gasteiger partial charge is 0.271 e. The van der Waals surface area contributed by atoms with Crippen molar-refractivity contribution in [1.82, 2.24) is 14.6 Å². The molecule has 5 nitrogen and oxygen atoms in total. The maximum atomic E-state index is 13.6. The van der Waals surface area contributed by atoms with Crippen LogP contribution in [-0.4, -0.2) is 20.5 Å². The second-order valence-corrected chi connectivity index (χ2v) is 6.29. The van der Waals surface area contributed by atoms with Crippen LogP contribution in [0.1, 0.15) is 28.7 Å². The lowest BCUT2D eigenvalue weighted by Gasteiger charge is -1.99. The summed E-state index contributed by atoms with van der Waals surface area (Å²) in [6.07, 6.45) is 1.50. The van der Waals surface area contributed by atoms with Crippen molar-refractivity contribution in [3.8, 4) is 0 Å². The van der Waals surface area contributed by atoms with Gasteiger partial charge in [-0.3, -0.25) is 10.1 Å². The minimum Gasteiger partial charge on any atom is -0.297 e. The molecular formula is C13H10F2N4OS2. The van der Waals surface area contributed by atoms with Crippen LogP contribution in [0.2, 0.25) is 0 Å². The van der Waals surface area contributed by atoms with Crippen molar-refractivity contribution in [2.75, 3.05) is 5.32 Å². The molecule has 1 amide bonds. The van der Waals surface area contributed by atoms with E-state index in [-0.39, 0.29) is 10.6 Å². The molecule has 3 rings (SSSR count). The van der Waals surface area contributed by atoms with E-state index in [0.717, 1.165) is 35.4 Å². The van der Waals surface area contributed by atoms with Gasteiger partial charge in [-0.2, -0.15) is 0 Å². The minimum absolute atomic E-state index is 0.0397. The fourth-order valence-corrected chi connectivity index (χ4v) is 3.45. The van der Waals surface area contributed by atoms with Gasteiger partial charge in [0, 0.05) is 6.07 Å². The summed E-state index contributed by atoms with van der Waals surface area (Å²) in [4.78, 5) is 16.6. The molecule has 0 aliphatic heterocycles. The number of nitrogens with zero attached hydrogens (tertiary/aromatic N) is 3. The Bertz CT molecular complexity index is 846. The highest BCUT2D eigenvalue weighted by molar-refractivity contribution is 7.22. The SMILES string of the molecule is CCCc1nnsc1C(=O)Nc1nc2c(F)cc(F)cc2s1. The molecule has 0 saturated carbocycles. The first-order valence-corrected chi connectivity index (χ1v) is 8.05. The summed E-state index contributed by atoms with van der Waals surface area (Å²) in [5.41, 5.74) is 0.668. The fraction of sp³-hybridized carbons (Fsp3) is 0.231. The highest BCUT2D eigenvalue weighted by Gasteiger charge is 2.18. The Hall–Kier alpha value is -2.00. The number of hydrogen-bond donors (Lipinski definition) is 1. The summed E-state index contributed by atoms with van der Waals surface area (Å²) in [6.45, 7) is 1.98. The standard InChI is InChI=1S/C13H10F2N4OS2/c1-2-3-8-11(22-19-18-8)12(20)17-13-16-10-7(15)4-6(14)5-9(10)21-13/h4-5H,2-3H2,1H3,(H,16,17,20). The highest BCUT2D eigenvalue weighted by Crippen LogP contribution is 2.29. The number of aryl methyl sites for hydroxylation is 1. The van der Waals surface area contributed by atoms with E-state index in [9.17, 15) is 13.6 Å². The van der Waals surface area contributed by atoms with Crippen LogP contribution < -0.4 is 5.32 Å². The van der Waals surface area contributed by atoms with E-state index in [1.54, 1.807) is 0 Å². The van der Waals surface area contributed by atoms with Crippen molar-refractivity contribution in [3.05, 3.63) is 34.3 Å². The molecule has 0 unspecified atom stereocenters. The van der Waals surface area contributed by atoms with Crippen LogP contribution in [0.15, 0.2) is 12.1 Å². The Balaban J connectivity index is 1.88. The number of benzene rings is 1. The van der Waals surface area contributed by atoms with Gasteiger partial charge in [-0.25, -0.2) is 13.8 Å². The molecule has 1 N–H and O–H groups in total. The third kappa shape index (κ3) is 2.81. The van der Waals surface area contributed by atoms with Gasteiger partial charge in [-0.15, -0.1) is 5.10 Å². The number of halogens is 2. The number of rotatable bonds is 4. The van der Waals surface area contributed by atoms with Crippen LogP contribution in [0.5, 0.6) is 0 Å². The summed E-state index contributed by atoms with van der Waals surface area (Å²) in [5, 5.41) is 6.72. The van der Waals surface area contributed by atoms with Gasteiger partial charge in [0.25, 0.3) is 5.91 Å². The number of carbonyl (C=O) groups is 1. The average molecular weight is 340 g/mol. The lowest BCUT2D eigenvalue weighted by Crippen LogP contribution is -2.12. The van der Waals surface area contributed by atoms with E-state index in [2.05, 4.69) is 19.9 Å². The van der Waals surface area contributed by atoms with Gasteiger partial charge >= 0.3 is 0 Å². The lowest BCUT2D eigenvalue weighted by molar-refractivity contribution is 0.102.